The SMILES string of the molecule is C[C@H](CCC(=O)Oc1cccc(NC(=O)CN)c1O)NC(=O)OC(C)(C)C. The van der Waals surface area contributed by atoms with Crippen LogP contribution in [0, 0.1) is 0 Å². The molecule has 1 rings (SSSR count). The van der Waals surface area contributed by atoms with Crippen LogP contribution in [0.1, 0.15) is 40.5 Å². The van der Waals surface area contributed by atoms with Crippen LogP contribution in [-0.2, 0) is 14.3 Å². The number of nitrogens with one attached hydrogen (secondary N) is 2. The Morgan fingerprint density at radius 3 is 2.52 bits per heavy atom. The number of esters is 1. The highest BCUT2D eigenvalue weighted by Gasteiger charge is 2.19. The van der Waals surface area contributed by atoms with E-state index >= 15 is 0 Å². The van der Waals surface area contributed by atoms with Crippen molar-refractivity contribution in [1.82, 2.24) is 5.32 Å². The summed E-state index contributed by atoms with van der Waals surface area (Å²) < 4.78 is 10.3. The van der Waals surface area contributed by atoms with Crippen molar-refractivity contribution in [3.63, 3.8) is 0 Å². The van der Waals surface area contributed by atoms with E-state index in [1.807, 2.05) is 0 Å². The van der Waals surface area contributed by atoms with E-state index in [-0.39, 0.29) is 36.2 Å². The molecular weight excluding hydrogens is 354 g/mol. The molecule has 0 saturated carbocycles. The Labute approximate surface area is 158 Å². The highest BCUT2D eigenvalue weighted by molar-refractivity contribution is 5.94. The predicted octanol–water partition coefficient (Wildman–Crippen LogP) is 1.89. The number of hydrogen-bond donors (Lipinski definition) is 4. The minimum Gasteiger partial charge on any atom is -0.503 e. The van der Waals surface area contributed by atoms with Crippen molar-refractivity contribution in [2.45, 2.75) is 52.2 Å². The van der Waals surface area contributed by atoms with E-state index in [9.17, 15) is 19.5 Å². The first-order chi connectivity index (χ1) is 12.5. The molecule has 1 atom stereocenters. The molecule has 1 aromatic rings. The van der Waals surface area contributed by atoms with Gasteiger partial charge in [-0.1, -0.05) is 6.07 Å². The van der Waals surface area contributed by atoms with Crippen LogP contribution >= 0.6 is 0 Å². The molecule has 0 heterocycles. The molecule has 0 fully saturated rings. The lowest BCUT2D eigenvalue weighted by Crippen LogP contribution is -2.38. The van der Waals surface area contributed by atoms with Crippen LogP contribution in [0.15, 0.2) is 18.2 Å². The van der Waals surface area contributed by atoms with Crippen LogP contribution in [0.4, 0.5) is 10.5 Å². The summed E-state index contributed by atoms with van der Waals surface area (Å²) in [5.74, 6) is -1.53. The highest BCUT2D eigenvalue weighted by Crippen LogP contribution is 2.34. The maximum absolute atomic E-state index is 12.0. The van der Waals surface area contributed by atoms with Gasteiger partial charge in [-0.25, -0.2) is 4.79 Å². The maximum atomic E-state index is 12.0. The summed E-state index contributed by atoms with van der Waals surface area (Å²) >= 11 is 0. The molecule has 0 aromatic heterocycles. The fourth-order valence-electron chi connectivity index (χ4n) is 2.00. The zero-order chi connectivity index (χ0) is 20.6. The monoisotopic (exact) mass is 381 g/mol. The number of nitrogens with two attached hydrogens (primary N) is 1. The summed E-state index contributed by atoms with van der Waals surface area (Å²) in [6.07, 6.45) is -0.234. The van der Waals surface area contributed by atoms with Gasteiger partial charge in [-0.3, -0.25) is 9.59 Å². The van der Waals surface area contributed by atoms with E-state index in [0.717, 1.165) is 0 Å². The summed E-state index contributed by atoms with van der Waals surface area (Å²) in [5.41, 5.74) is 4.69. The van der Waals surface area contributed by atoms with E-state index in [1.54, 1.807) is 27.7 Å². The van der Waals surface area contributed by atoms with Crippen LogP contribution < -0.4 is 21.1 Å². The largest absolute Gasteiger partial charge is 0.503 e. The highest BCUT2D eigenvalue weighted by atomic mass is 16.6. The van der Waals surface area contributed by atoms with E-state index in [0.29, 0.717) is 6.42 Å². The van der Waals surface area contributed by atoms with Crippen molar-refractivity contribution in [3.05, 3.63) is 18.2 Å². The zero-order valence-electron chi connectivity index (χ0n) is 16.0. The Balaban J connectivity index is 2.54. The van der Waals surface area contributed by atoms with Crippen LogP contribution in [-0.4, -0.2) is 41.3 Å². The van der Waals surface area contributed by atoms with Crippen LogP contribution in [0.5, 0.6) is 11.5 Å². The summed E-state index contributed by atoms with van der Waals surface area (Å²) in [5, 5.41) is 15.1. The van der Waals surface area contributed by atoms with Gasteiger partial charge in [0.15, 0.2) is 11.5 Å². The summed E-state index contributed by atoms with van der Waals surface area (Å²) in [4.78, 5) is 35.0. The van der Waals surface area contributed by atoms with Crippen molar-refractivity contribution in [1.29, 1.82) is 0 Å². The molecule has 0 saturated heterocycles. The second-order valence-electron chi connectivity index (χ2n) is 6.96. The maximum Gasteiger partial charge on any atom is 0.407 e. The van der Waals surface area contributed by atoms with Crippen molar-refractivity contribution in [2.75, 3.05) is 11.9 Å². The van der Waals surface area contributed by atoms with Crippen LogP contribution in [0.2, 0.25) is 0 Å². The third-order valence-corrected chi connectivity index (χ3v) is 3.23. The lowest BCUT2D eigenvalue weighted by atomic mass is 10.2. The van der Waals surface area contributed by atoms with Gasteiger partial charge in [-0.15, -0.1) is 0 Å². The van der Waals surface area contributed by atoms with E-state index in [2.05, 4.69) is 10.6 Å². The van der Waals surface area contributed by atoms with E-state index < -0.39 is 23.6 Å². The second-order valence-corrected chi connectivity index (χ2v) is 6.96. The molecule has 0 bridgehead atoms. The zero-order valence-corrected chi connectivity index (χ0v) is 16.0. The molecule has 0 aliphatic carbocycles. The predicted molar refractivity (Wildman–Crippen MR) is 99.5 cm³/mol. The standard InChI is InChI=1S/C18H27N3O6/c1-11(20-17(25)27-18(2,3)4)8-9-15(23)26-13-7-5-6-12(16(13)24)21-14(22)10-19/h5-7,11,24H,8-10,19H2,1-4H3,(H,20,25)(H,21,22)/t11-/m1/s1. The number of carbonyl (C=O) groups excluding carboxylic acids is 3. The van der Waals surface area contributed by atoms with Gasteiger partial charge in [0.05, 0.1) is 12.2 Å². The quantitative estimate of drug-likeness (QED) is 0.321. The number of hydrogen-bond acceptors (Lipinski definition) is 7. The first kappa shape index (κ1) is 22.2. The molecule has 0 aliphatic rings. The normalized spacial score (nSPS) is 12.0. The Kier molecular flexibility index (Phi) is 8.04. The molecule has 0 aliphatic heterocycles. The lowest BCUT2D eigenvalue weighted by molar-refractivity contribution is -0.134. The first-order valence-electron chi connectivity index (χ1n) is 8.54. The van der Waals surface area contributed by atoms with Gasteiger partial charge in [-0.2, -0.15) is 0 Å². The molecule has 9 nitrogen and oxygen atoms in total. The molecular formula is C18H27N3O6. The average molecular weight is 381 g/mol. The molecule has 5 N–H and O–H groups in total. The Bertz CT molecular complexity index is 684. The van der Waals surface area contributed by atoms with E-state index in [1.165, 1.54) is 18.2 Å². The van der Waals surface area contributed by atoms with Gasteiger partial charge >= 0.3 is 12.1 Å². The smallest absolute Gasteiger partial charge is 0.407 e. The second kappa shape index (κ2) is 9.77. The first-order valence-corrected chi connectivity index (χ1v) is 8.54. The Morgan fingerprint density at radius 2 is 1.93 bits per heavy atom. The minimum absolute atomic E-state index is 0.00971. The molecule has 9 heteroatoms. The topological polar surface area (TPSA) is 140 Å². The summed E-state index contributed by atoms with van der Waals surface area (Å²) in [7, 11) is 0. The summed E-state index contributed by atoms with van der Waals surface area (Å²) in [6.45, 7) is 6.76. The molecule has 2 amide bonds. The van der Waals surface area contributed by atoms with Gasteiger partial charge in [0.2, 0.25) is 5.91 Å². The van der Waals surface area contributed by atoms with Crippen molar-refractivity contribution in [2.24, 2.45) is 5.73 Å². The van der Waals surface area contributed by atoms with E-state index in [4.69, 9.17) is 15.2 Å². The number of benzene rings is 1. The number of alkyl carbamates (subject to hydrolysis) is 1. The van der Waals surface area contributed by atoms with Gasteiger partial charge in [0, 0.05) is 12.5 Å². The molecule has 0 radical (unpaired) electrons. The number of phenolic OH excluding ortho intramolecular Hbond substituents is 1. The number of amides is 2. The van der Waals surface area contributed by atoms with Crippen molar-refractivity contribution >= 4 is 23.7 Å². The third kappa shape index (κ3) is 8.41. The fourth-order valence-corrected chi connectivity index (χ4v) is 2.00. The Morgan fingerprint density at radius 1 is 1.26 bits per heavy atom. The number of phenols is 1. The number of rotatable bonds is 7. The number of anilines is 1. The van der Waals surface area contributed by atoms with Crippen molar-refractivity contribution in [3.8, 4) is 11.5 Å². The number of aromatic hydroxyl groups is 1. The molecule has 150 valence electrons. The minimum atomic E-state index is -0.607. The molecule has 27 heavy (non-hydrogen) atoms. The number of ether oxygens (including phenoxy) is 2. The van der Waals surface area contributed by atoms with Crippen LogP contribution in [0.3, 0.4) is 0 Å². The average Bonchev–Trinajstić information content (AvgIpc) is 2.54. The molecule has 1 aromatic carbocycles. The van der Waals surface area contributed by atoms with Gasteiger partial charge in [-0.05, 0) is 46.2 Å². The van der Waals surface area contributed by atoms with Gasteiger partial charge in [0.25, 0.3) is 0 Å². The van der Waals surface area contributed by atoms with Gasteiger partial charge in [0.1, 0.15) is 5.60 Å². The molecule has 0 unspecified atom stereocenters. The fraction of sp³-hybridized carbons (Fsp3) is 0.500. The number of carbonyl (C=O) groups is 3. The third-order valence-electron chi connectivity index (χ3n) is 3.23. The van der Waals surface area contributed by atoms with Crippen LogP contribution in [0.25, 0.3) is 0 Å². The Hall–Kier alpha value is -2.81. The number of para-hydroxylation sites is 1. The summed E-state index contributed by atoms with van der Waals surface area (Å²) in [6, 6.07) is 4.05. The van der Waals surface area contributed by atoms with Crippen molar-refractivity contribution < 1.29 is 29.0 Å². The lowest BCUT2D eigenvalue weighted by Gasteiger charge is -2.21. The molecule has 0 spiro atoms. The van der Waals surface area contributed by atoms with Gasteiger partial charge < -0.3 is 30.9 Å².